The van der Waals surface area contributed by atoms with Crippen molar-refractivity contribution >= 4 is 32.6 Å². The molecular weight excluding hydrogens is 663 g/mol. The van der Waals surface area contributed by atoms with Crippen LogP contribution in [0.15, 0.2) is 22.4 Å². The highest BCUT2D eigenvalue weighted by molar-refractivity contribution is 8.05. The van der Waals surface area contributed by atoms with E-state index in [-0.39, 0.29) is 41.9 Å². The Morgan fingerprint density at radius 1 is 1.23 bits per heavy atom. The van der Waals surface area contributed by atoms with Gasteiger partial charge >= 0.3 is 18.8 Å². The molecule has 1 unspecified atom stereocenters. The zero-order chi connectivity index (χ0) is 35.7. The van der Waals surface area contributed by atoms with Gasteiger partial charge in [0.15, 0.2) is 26.4 Å². The van der Waals surface area contributed by atoms with Crippen LogP contribution in [0.25, 0.3) is 0 Å². The fourth-order valence-electron chi connectivity index (χ4n) is 4.34. The molecule has 0 bridgehead atoms. The molecule has 0 aromatic carbocycles. The van der Waals surface area contributed by atoms with Crippen molar-refractivity contribution in [1.82, 2.24) is 20.1 Å². The number of carbonyl (C=O) groups is 2. The minimum Gasteiger partial charge on any atom is -0.478 e. The van der Waals surface area contributed by atoms with Crippen molar-refractivity contribution in [2.45, 2.75) is 77.3 Å². The van der Waals surface area contributed by atoms with E-state index in [9.17, 15) is 45.1 Å². The number of sulfone groups is 1. The predicted molar refractivity (Wildman–Crippen MR) is 155 cm³/mol. The molecule has 0 saturated carbocycles. The maximum Gasteiger partial charge on any atom is 0.435 e. The molecule has 1 amide bonds. The van der Waals surface area contributed by atoms with E-state index in [1.54, 1.807) is 6.92 Å². The van der Waals surface area contributed by atoms with E-state index >= 15 is 0 Å². The molecule has 2 aromatic heterocycles. The van der Waals surface area contributed by atoms with Crippen LogP contribution in [-0.2, 0) is 49.8 Å². The summed E-state index contributed by atoms with van der Waals surface area (Å²) in [7, 11) is -1.91. The van der Waals surface area contributed by atoms with E-state index in [0.717, 1.165) is 7.05 Å². The van der Waals surface area contributed by atoms with E-state index in [0.29, 0.717) is 10.2 Å². The summed E-state index contributed by atoms with van der Waals surface area (Å²) in [5.41, 5.74) is -3.70. The quantitative estimate of drug-likeness (QED) is 0.367. The van der Waals surface area contributed by atoms with Gasteiger partial charge in [0.05, 0.1) is 23.5 Å². The predicted octanol–water partition coefficient (Wildman–Crippen LogP) is 3.68. The first-order valence-corrected chi connectivity index (χ1v) is 15.4. The number of aromatic carboxylic acids is 1. The summed E-state index contributed by atoms with van der Waals surface area (Å²) < 4.78 is 98.4. The van der Waals surface area contributed by atoms with Gasteiger partial charge < -0.3 is 24.7 Å². The second kappa shape index (κ2) is 13.5. The molecule has 1 atom stereocenters. The highest BCUT2D eigenvalue weighted by Gasteiger charge is 2.44. The van der Waals surface area contributed by atoms with Crippen LogP contribution >= 0.6 is 0 Å². The Morgan fingerprint density at radius 3 is 2.34 bits per heavy atom. The molecule has 0 saturated heterocycles. The van der Waals surface area contributed by atoms with Crippen LogP contribution in [0, 0.1) is 5.92 Å². The number of pyridine rings is 1. The van der Waals surface area contributed by atoms with Crippen LogP contribution in [0.5, 0.6) is 5.88 Å². The van der Waals surface area contributed by atoms with Gasteiger partial charge in [0.25, 0.3) is 5.91 Å². The summed E-state index contributed by atoms with van der Waals surface area (Å²) in [5, 5.41) is 18.0. The van der Waals surface area contributed by atoms with Gasteiger partial charge in [-0.25, -0.2) is 22.9 Å². The molecule has 20 heteroatoms. The number of carboxylic acids is 1. The molecule has 2 aliphatic heterocycles. The second-order valence-electron chi connectivity index (χ2n) is 11.6. The number of amides is 1. The molecule has 2 aromatic rings. The third kappa shape index (κ3) is 8.40. The first kappa shape index (κ1) is 37.3. The number of aryl methyl sites for hydroxylation is 1. The average Bonchev–Trinajstić information content (AvgIpc) is 3.57. The molecule has 0 radical (unpaired) electrons. The number of methoxy groups -OCH3 is 1. The van der Waals surface area contributed by atoms with Crippen LogP contribution in [0.1, 0.15) is 73.9 Å². The van der Waals surface area contributed by atoms with Gasteiger partial charge in [0.1, 0.15) is 16.8 Å². The molecule has 4 heterocycles. The standard InChI is InChI=1S/C15H19N3O4.C12H14F5N3O4S/c1-8(2)15(3)14(21)17-12(18-15)11-10(13(19)20)5-9(6-16-11)7-22-4;1-11(2)4-7(19-24-11)25(21,22)5-6-8(12(15,16)17)18-20(3)9(6)23-10(13)14/h5-6,8H,7H2,1-4H3,(H,19,20)(H,17,18,21);10H,4-5H2,1-3H3. The number of nitrogens with zero attached hydrogens (tertiary/aromatic N) is 5. The maximum atomic E-state index is 13.1. The topological polar surface area (TPSA) is 184 Å². The Bertz CT molecular complexity index is 1710. The number of carboxylic acid groups (broad SMARTS) is 1. The number of rotatable bonds is 9. The minimum atomic E-state index is -5.06. The minimum absolute atomic E-state index is 0.0124. The average molecular weight is 697 g/mol. The van der Waals surface area contributed by atoms with Crippen molar-refractivity contribution in [3.63, 3.8) is 0 Å². The van der Waals surface area contributed by atoms with Crippen molar-refractivity contribution in [2.24, 2.45) is 23.1 Å². The van der Waals surface area contributed by atoms with E-state index < -0.39 is 67.7 Å². The van der Waals surface area contributed by atoms with Gasteiger partial charge in [-0.2, -0.15) is 27.1 Å². The fraction of sp³-hybridized carbons (Fsp3) is 0.556. The summed E-state index contributed by atoms with van der Waals surface area (Å²) in [4.78, 5) is 37.0. The molecule has 14 nitrogen and oxygen atoms in total. The van der Waals surface area contributed by atoms with Crippen molar-refractivity contribution in [3.05, 3.63) is 40.3 Å². The number of nitrogens with one attached hydrogen (secondary N) is 1. The molecule has 0 fully saturated rings. The lowest BCUT2D eigenvalue weighted by atomic mass is 9.89. The zero-order valence-corrected chi connectivity index (χ0v) is 27.1. The number of ether oxygens (including phenoxy) is 2. The number of carbonyl (C=O) groups excluding carboxylic acids is 1. The van der Waals surface area contributed by atoms with Crippen molar-refractivity contribution in [2.75, 3.05) is 7.11 Å². The van der Waals surface area contributed by atoms with Gasteiger partial charge in [-0.15, -0.1) is 0 Å². The van der Waals surface area contributed by atoms with Gasteiger partial charge in [0.2, 0.25) is 5.88 Å². The molecule has 260 valence electrons. The van der Waals surface area contributed by atoms with Gasteiger partial charge in [0, 0.05) is 26.8 Å². The van der Waals surface area contributed by atoms with E-state index in [1.165, 1.54) is 33.2 Å². The lowest BCUT2D eigenvalue weighted by Gasteiger charge is -2.21. The van der Waals surface area contributed by atoms with Crippen LogP contribution in [0.4, 0.5) is 22.0 Å². The first-order valence-electron chi connectivity index (χ1n) is 13.7. The summed E-state index contributed by atoms with van der Waals surface area (Å²) in [6, 6.07) is 1.48. The van der Waals surface area contributed by atoms with Crippen LogP contribution in [0.2, 0.25) is 0 Å². The Morgan fingerprint density at radius 2 is 1.87 bits per heavy atom. The van der Waals surface area contributed by atoms with Gasteiger partial charge in [-0.1, -0.05) is 19.0 Å². The Kier molecular flexibility index (Phi) is 10.7. The molecule has 2 aliphatic rings. The number of oxime groups is 1. The molecule has 0 aliphatic carbocycles. The van der Waals surface area contributed by atoms with Crippen molar-refractivity contribution in [1.29, 1.82) is 0 Å². The number of halogens is 5. The number of amidine groups is 1. The van der Waals surface area contributed by atoms with Crippen molar-refractivity contribution in [3.8, 4) is 5.88 Å². The van der Waals surface area contributed by atoms with Gasteiger partial charge in [-0.3, -0.25) is 9.78 Å². The van der Waals surface area contributed by atoms with E-state index in [1.807, 2.05) is 13.8 Å². The molecule has 47 heavy (non-hydrogen) atoms. The van der Waals surface area contributed by atoms with Gasteiger partial charge in [-0.05, 0) is 38.3 Å². The third-order valence-electron chi connectivity index (χ3n) is 7.09. The smallest absolute Gasteiger partial charge is 0.435 e. The summed E-state index contributed by atoms with van der Waals surface area (Å²) in [6.07, 6.45) is -3.70. The summed E-state index contributed by atoms with van der Waals surface area (Å²) in [6.45, 7) is 5.38. The molecule has 0 spiro atoms. The Labute approximate surface area is 265 Å². The van der Waals surface area contributed by atoms with Crippen molar-refractivity contribution < 1.29 is 59.4 Å². The largest absolute Gasteiger partial charge is 0.478 e. The fourth-order valence-corrected chi connectivity index (χ4v) is 5.86. The summed E-state index contributed by atoms with van der Waals surface area (Å²) >= 11 is 0. The zero-order valence-electron chi connectivity index (χ0n) is 26.3. The number of alkyl halides is 5. The van der Waals surface area contributed by atoms with Crippen LogP contribution < -0.4 is 10.1 Å². The van der Waals surface area contributed by atoms with Crippen LogP contribution in [0.3, 0.4) is 0 Å². The monoisotopic (exact) mass is 696 g/mol. The highest BCUT2D eigenvalue weighted by atomic mass is 32.2. The lowest BCUT2D eigenvalue weighted by molar-refractivity contribution is -0.142. The Hall–Kier alpha value is -4.20. The molecule has 4 rings (SSSR count). The normalized spacial score (nSPS) is 19.1. The van der Waals surface area contributed by atoms with Crippen LogP contribution in [-0.4, -0.2) is 75.9 Å². The Balaban J connectivity index is 0.000000257. The lowest BCUT2D eigenvalue weighted by Crippen LogP contribution is -2.41. The van der Waals surface area contributed by atoms with E-state index in [2.05, 4.69) is 30.3 Å². The highest BCUT2D eigenvalue weighted by Crippen LogP contribution is 2.38. The second-order valence-corrected chi connectivity index (χ2v) is 13.6. The molecular formula is C27H33F5N6O8S. The summed E-state index contributed by atoms with van der Waals surface area (Å²) in [5.74, 6) is -3.44. The third-order valence-corrected chi connectivity index (χ3v) is 8.70. The molecule has 2 N–H and O–H groups in total. The number of hydrogen-bond acceptors (Lipinski definition) is 11. The van der Waals surface area contributed by atoms with E-state index in [4.69, 9.17) is 9.57 Å². The SMILES string of the molecule is COCc1cnc(C2=NC(C)(C(C)C)C(=O)N2)c(C(=O)O)c1.Cn1nc(C(F)(F)F)c(CS(=O)(=O)C2=NOC(C)(C)C2)c1OC(F)F. The number of hydrogen-bond donors (Lipinski definition) is 2. The number of aromatic nitrogens is 3. The number of aliphatic imine (C=N–C) groups is 1. The maximum absolute atomic E-state index is 13.1. The first-order chi connectivity index (χ1) is 21.5.